The maximum atomic E-state index is 13.9. The summed E-state index contributed by atoms with van der Waals surface area (Å²) >= 11 is 0. The second kappa shape index (κ2) is 11.5. The average molecular weight is 539 g/mol. The number of nitrogens with zero attached hydrogens (tertiary/aromatic N) is 2. The molecule has 2 aromatic carbocycles. The van der Waals surface area contributed by atoms with E-state index in [2.05, 4.69) is 48.3 Å². The number of aliphatic hydroxyl groups excluding tert-OH is 1. The number of nitrogens with one attached hydrogen (secondary N) is 2. The summed E-state index contributed by atoms with van der Waals surface area (Å²) < 4.78 is 35.5. The van der Waals surface area contributed by atoms with Gasteiger partial charge >= 0.3 is 0 Å². The summed E-state index contributed by atoms with van der Waals surface area (Å²) in [6.07, 6.45) is 3.87. The van der Waals surface area contributed by atoms with Gasteiger partial charge in [-0.15, -0.1) is 0 Å². The van der Waals surface area contributed by atoms with Crippen LogP contribution in [0.4, 0.5) is 8.78 Å². The first kappa shape index (κ1) is 28.8. The molecule has 0 aliphatic heterocycles. The van der Waals surface area contributed by atoms with E-state index in [1.165, 1.54) is 12.1 Å². The molecule has 1 saturated carbocycles. The lowest BCUT2D eigenvalue weighted by molar-refractivity contribution is 0.0283. The summed E-state index contributed by atoms with van der Waals surface area (Å²) in [5, 5.41) is 22.6. The van der Waals surface area contributed by atoms with Crippen molar-refractivity contribution in [2.24, 2.45) is 11.8 Å². The summed E-state index contributed by atoms with van der Waals surface area (Å²) in [5.41, 5.74) is 1.74. The van der Waals surface area contributed by atoms with Gasteiger partial charge in [0.15, 0.2) is 5.88 Å². The minimum absolute atomic E-state index is 0.180. The van der Waals surface area contributed by atoms with Gasteiger partial charge in [0.1, 0.15) is 17.2 Å². The van der Waals surface area contributed by atoms with Gasteiger partial charge in [0.2, 0.25) is 0 Å². The third-order valence-corrected chi connectivity index (χ3v) is 7.19. The number of hydrogen-bond donors (Lipinski definition) is 3. The zero-order chi connectivity index (χ0) is 28.4. The number of aliphatic hydroxyl groups is 1. The summed E-state index contributed by atoms with van der Waals surface area (Å²) in [4.78, 5) is 0. The molecule has 0 saturated heterocycles. The predicted octanol–water partition coefficient (Wildman–Crippen LogP) is 5.46. The quantitative estimate of drug-likeness (QED) is 0.267. The second-order valence-corrected chi connectivity index (χ2v) is 11.8. The second-order valence-electron chi connectivity index (χ2n) is 11.8. The van der Waals surface area contributed by atoms with Gasteiger partial charge in [0, 0.05) is 30.5 Å². The van der Waals surface area contributed by atoms with Gasteiger partial charge in [-0.2, -0.15) is 5.10 Å². The molecule has 3 aromatic rings. The number of rotatable bonds is 12. The smallest absolute Gasteiger partial charge is 0.180 e. The van der Waals surface area contributed by atoms with Crippen molar-refractivity contribution >= 4 is 0 Å². The van der Waals surface area contributed by atoms with E-state index in [0.29, 0.717) is 17.4 Å². The van der Waals surface area contributed by atoms with E-state index in [-0.39, 0.29) is 24.4 Å². The van der Waals surface area contributed by atoms with Crippen LogP contribution >= 0.6 is 0 Å². The highest BCUT2D eigenvalue weighted by Crippen LogP contribution is 2.56. The van der Waals surface area contributed by atoms with Crippen molar-refractivity contribution in [3.8, 4) is 5.69 Å². The lowest BCUT2D eigenvalue weighted by Crippen LogP contribution is -2.49. The Balaban J connectivity index is 1.55. The van der Waals surface area contributed by atoms with Crippen LogP contribution in [0.2, 0.25) is 0 Å². The fourth-order valence-corrected chi connectivity index (χ4v) is 5.38. The molecule has 1 fully saturated rings. The monoisotopic (exact) mass is 538 g/mol. The van der Waals surface area contributed by atoms with Crippen LogP contribution in [0.1, 0.15) is 52.2 Å². The molecule has 0 spiro atoms. The van der Waals surface area contributed by atoms with Crippen molar-refractivity contribution in [3.63, 3.8) is 0 Å². The van der Waals surface area contributed by atoms with Gasteiger partial charge in [-0.1, -0.05) is 26.0 Å². The van der Waals surface area contributed by atoms with Crippen molar-refractivity contribution in [3.05, 3.63) is 96.1 Å². The Morgan fingerprint density at radius 1 is 1.18 bits per heavy atom. The zero-order valence-corrected chi connectivity index (χ0v) is 23.4. The van der Waals surface area contributed by atoms with Crippen LogP contribution in [-0.2, 0) is 16.7 Å². The van der Waals surface area contributed by atoms with Gasteiger partial charge in [-0.25, -0.2) is 13.5 Å². The van der Waals surface area contributed by atoms with Crippen LogP contribution in [0.15, 0.2) is 73.4 Å². The SMILES string of the molecule is C=C(NC(Cc1cc(F)cc(F)c1)C(O)CNC1(c2cccc(-n3cccn3)c2)CC1C(C)C)OC(C)(C)C. The minimum Gasteiger partial charge on any atom is -0.474 e. The van der Waals surface area contributed by atoms with E-state index in [1.54, 1.807) is 6.20 Å². The topological polar surface area (TPSA) is 71.3 Å². The highest BCUT2D eigenvalue weighted by Gasteiger charge is 2.56. The van der Waals surface area contributed by atoms with Gasteiger partial charge < -0.3 is 20.5 Å². The van der Waals surface area contributed by atoms with Crippen molar-refractivity contribution in [2.45, 2.75) is 70.7 Å². The highest BCUT2D eigenvalue weighted by atomic mass is 19.1. The van der Waals surface area contributed by atoms with E-state index in [1.807, 2.05) is 49.8 Å². The molecular weight excluding hydrogens is 498 g/mol. The molecule has 4 rings (SSSR count). The Hall–Kier alpha value is -3.23. The Morgan fingerprint density at radius 3 is 2.49 bits per heavy atom. The lowest BCUT2D eigenvalue weighted by Gasteiger charge is -2.31. The van der Waals surface area contributed by atoms with Crippen LogP contribution in [0.3, 0.4) is 0 Å². The molecule has 4 unspecified atom stereocenters. The molecule has 1 heterocycles. The maximum Gasteiger partial charge on any atom is 0.180 e. The number of halogens is 2. The van der Waals surface area contributed by atoms with Crippen LogP contribution in [-0.4, -0.2) is 39.2 Å². The Labute approximate surface area is 230 Å². The molecule has 0 amide bonds. The van der Waals surface area contributed by atoms with Crippen LogP contribution in [0, 0.1) is 23.5 Å². The Morgan fingerprint density at radius 2 is 1.90 bits per heavy atom. The Kier molecular flexibility index (Phi) is 8.47. The first-order valence-corrected chi connectivity index (χ1v) is 13.5. The van der Waals surface area contributed by atoms with Crippen molar-refractivity contribution < 1.29 is 18.6 Å². The summed E-state index contributed by atoms with van der Waals surface area (Å²) in [5.74, 6) is -0.200. The normalized spacial score (nSPS) is 20.5. The predicted molar refractivity (Wildman–Crippen MR) is 149 cm³/mol. The van der Waals surface area contributed by atoms with Gasteiger partial charge in [0.05, 0.1) is 17.8 Å². The Bertz CT molecular complexity index is 1250. The third kappa shape index (κ3) is 7.25. The van der Waals surface area contributed by atoms with Crippen LogP contribution < -0.4 is 10.6 Å². The molecule has 4 atom stereocenters. The zero-order valence-electron chi connectivity index (χ0n) is 23.4. The first-order chi connectivity index (χ1) is 18.4. The molecule has 6 nitrogen and oxygen atoms in total. The first-order valence-electron chi connectivity index (χ1n) is 13.5. The van der Waals surface area contributed by atoms with Crippen LogP contribution in [0.25, 0.3) is 5.69 Å². The van der Waals surface area contributed by atoms with Gasteiger partial charge in [0.25, 0.3) is 0 Å². The summed E-state index contributed by atoms with van der Waals surface area (Å²) in [6, 6.07) is 13.0. The maximum absolute atomic E-state index is 13.9. The van der Waals surface area contributed by atoms with E-state index in [4.69, 9.17) is 4.74 Å². The standard InChI is InChI=1S/C31H40F2N4O2/c1-20(2)27-18-31(27,23-9-7-10-26(16-23)37-12-8-11-35-37)34-19-29(38)28(36-21(3)39-30(4,5)6)15-22-13-24(32)17-25(33)14-22/h7-14,16-17,20,27-29,34,36,38H,3,15,18-19H2,1-2,4-6H3. The van der Waals surface area contributed by atoms with Gasteiger partial charge in [-0.05, 0) is 93.5 Å². The third-order valence-electron chi connectivity index (χ3n) is 7.19. The molecule has 39 heavy (non-hydrogen) atoms. The highest BCUT2D eigenvalue weighted by molar-refractivity contribution is 5.42. The largest absolute Gasteiger partial charge is 0.474 e. The summed E-state index contributed by atoms with van der Waals surface area (Å²) in [6.45, 7) is 14.3. The van der Waals surface area contributed by atoms with Crippen molar-refractivity contribution in [1.29, 1.82) is 0 Å². The molecule has 3 N–H and O–H groups in total. The summed E-state index contributed by atoms with van der Waals surface area (Å²) in [7, 11) is 0. The minimum atomic E-state index is -0.906. The molecule has 0 radical (unpaired) electrons. The van der Waals surface area contributed by atoms with Crippen molar-refractivity contribution in [1.82, 2.24) is 20.4 Å². The van der Waals surface area contributed by atoms with E-state index in [0.717, 1.165) is 23.7 Å². The van der Waals surface area contributed by atoms with E-state index < -0.39 is 29.4 Å². The molecule has 210 valence electrons. The molecule has 1 aromatic heterocycles. The number of aromatic nitrogens is 2. The molecule has 0 bridgehead atoms. The van der Waals surface area contributed by atoms with Gasteiger partial charge in [-0.3, -0.25) is 0 Å². The number of benzene rings is 2. The molecule has 1 aliphatic rings. The average Bonchev–Trinajstić information content (AvgIpc) is 3.33. The molecule has 1 aliphatic carbocycles. The lowest BCUT2D eigenvalue weighted by atomic mass is 9.95. The van der Waals surface area contributed by atoms with Crippen molar-refractivity contribution in [2.75, 3.05) is 6.54 Å². The van der Waals surface area contributed by atoms with E-state index >= 15 is 0 Å². The molecule has 8 heteroatoms. The fourth-order valence-electron chi connectivity index (χ4n) is 5.38. The number of ether oxygens (including phenoxy) is 1. The molecular formula is C31H40F2N4O2. The number of hydrogen-bond acceptors (Lipinski definition) is 5. The van der Waals surface area contributed by atoms with E-state index in [9.17, 15) is 13.9 Å². The fraction of sp³-hybridized carbons (Fsp3) is 0.452. The van der Waals surface area contributed by atoms with Crippen LogP contribution in [0.5, 0.6) is 0 Å².